The number of carboxylic acids is 1. The topological polar surface area (TPSA) is 142 Å². The third-order valence-corrected chi connectivity index (χ3v) is 3.90. The summed E-state index contributed by atoms with van der Waals surface area (Å²) >= 11 is 0. The Morgan fingerprint density at radius 3 is 2.38 bits per heavy atom. The maximum atomic E-state index is 12.4. The molecule has 1 fully saturated rings. The smallest absolute Gasteiger partial charge is 0.411 e. The van der Waals surface area contributed by atoms with E-state index in [-0.39, 0.29) is 19.5 Å². The van der Waals surface area contributed by atoms with Crippen LogP contribution in [0.3, 0.4) is 0 Å². The van der Waals surface area contributed by atoms with Gasteiger partial charge in [-0.15, -0.1) is 0 Å². The lowest BCUT2D eigenvalue weighted by molar-refractivity contribution is -0.149. The van der Waals surface area contributed by atoms with E-state index in [4.69, 9.17) is 10.5 Å². The molecule has 9 nitrogen and oxygen atoms in total. The first-order valence-electron chi connectivity index (χ1n) is 7.85. The number of carboxylic acid groups (broad SMARTS) is 1. The average molecular weight is 345 g/mol. The molecule has 1 heterocycles. The molecule has 0 bridgehead atoms. The summed E-state index contributed by atoms with van der Waals surface area (Å²) in [5.41, 5.74) is 2.90. The van der Waals surface area contributed by atoms with Crippen LogP contribution in [-0.4, -0.2) is 69.5 Å². The summed E-state index contributed by atoms with van der Waals surface area (Å²) in [6.45, 7) is 6.46. The number of carbonyl (C=O) groups is 3. The van der Waals surface area contributed by atoms with Crippen LogP contribution in [0, 0.1) is 0 Å². The van der Waals surface area contributed by atoms with Gasteiger partial charge in [0.05, 0.1) is 6.10 Å². The van der Waals surface area contributed by atoms with Crippen molar-refractivity contribution in [3.8, 4) is 0 Å². The van der Waals surface area contributed by atoms with Crippen molar-refractivity contribution in [2.75, 3.05) is 13.1 Å². The van der Waals surface area contributed by atoms with Crippen molar-refractivity contribution < 1.29 is 29.3 Å². The highest BCUT2D eigenvalue weighted by Gasteiger charge is 2.51. The van der Waals surface area contributed by atoms with Crippen molar-refractivity contribution >= 4 is 18.0 Å². The van der Waals surface area contributed by atoms with Gasteiger partial charge < -0.3 is 26.0 Å². The van der Waals surface area contributed by atoms with Crippen molar-refractivity contribution in [1.82, 2.24) is 10.2 Å². The Hall–Kier alpha value is -1.87. The Kier molecular flexibility index (Phi) is 6.18. The lowest BCUT2D eigenvalue weighted by Gasteiger charge is -2.37. The second kappa shape index (κ2) is 7.35. The normalized spacial score (nSPS) is 23.6. The monoisotopic (exact) mass is 345 g/mol. The molecule has 0 aromatic carbocycles. The molecule has 5 N–H and O–H groups in total. The zero-order valence-corrected chi connectivity index (χ0v) is 14.5. The Morgan fingerprint density at radius 1 is 1.38 bits per heavy atom. The van der Waals surface area contributed by atoms with Crippen LogP contribution >= 0.6 is 0 Å². The molecule has 1 rings (SSSR count). The molecular formula is C15H27N3O6. The molecule has 1 saturated heterocycles. The summed E-state index contributed by atoms with van der Waals surface area (Å²) in [6.07, 6.45) is -1.12. The molecule has 9 heteroatoms. The SMILES string of the molecule is CC(O)[C@H](NC[C@]1(C(=O)O)CCCN1C(=O)OC(C)(C)C)C(N)=O. The number of primary amides is 1. The summed E-state index contributed by atoms with van der Waals surface area (Å²) in [5, 5.41) is 22.0. The van der Waals surface area contributed by atoms with Gasteiger partial charge in [0, 0.05) is 13.1 Å². The zero-order valence-electron chi connectivity index (χ0n) is 14.5. The first-order chi connectivity index (χ1) is 10.9. The molecule has 0 aromatic rings. The second-order valence-corrected chi connectivity index (χ2v) is 7.07. The van der Waals surface area contributed by atoms with Crippen molar-refractivity contribution in [2.45, 2.75) is 63.8 Å². The van der Waals surface area contributed by atoms with Crippen molar-refractivity contribution in [3.05, 3.63) is 0 Å². The highest BCUT2D eigenvalue weighted by molar-refractivity contribution is 5.86. The lowest BCUT2D eigenvalue weighted by atomic mass is 9.95. The molecule has 0 radical (unpaired) electrons. The van der Waals surface area contributed by atoms with E-state index in [0.29, 0.717) is 6.42 Å². The van der Waals surface area contributed by atoms with E-state index in [1.165, 1.54) is 6.92 Å². The highest BCUT2D eigenvalue weighted by Crippen LogP contribution is 2.31. The minimum atomic E-state index is -1.55. The van der Waals surface area contributed by atoms with Gasteiger partial charge in [-0.1, -0.05) is 0 Å². The minimum Gasteiger partial charge on any atom is -0.479 e. The van der Waals surface area contributed by atoms with Crippen LogP contribution in [0.1, 0.15) is 40.5 Å². The number of aliphatic hydroxyl groups excluding tert-OH is 1. The molecular weight excluding hydrogens is 318 g/mol. The van der Waals surface area contributed by atoms with E-state index < -0.39 is 41.3 Å². The van der Waals surface area contributed by atoms with Gasteiger partial charge in [-0.05, 0) is 40.5 Å². The van der Waals surface area contributed by atoms with Gasteiger partial charge in [0.2, 0.25) is 5.91 Å². The van der Waals surface area contributed by atoms with Crippen LogP contribution in [0.2, 0.25) is 0 Å². The highest BCUT2D eigenvalue weighted by atomic mass is 16.6. The molecule has 1 aliphatic rings. The molecule has 1 unspecified atom stereocenters. The molecule has 1 aliphatic heterocycles. The molecule has 2 amide bonds. The first-order valence-corrected chi connectivity index (χ1v) is 7.85. The average Bonchev–Trinajstić information content (AvgIpc) is 2.81. The molecule has 24 heavy (non-hydrogen) atoms. The molecule has 0 aromatic heterocycles. The number of aliphatic hydroxyl groups is 1. The number of aliphatic carboxylic acids is 1. The number of nitrogens with two attached hydrogens (primary N) is 1. The van der Waals surface area contributed by atoms with Gasteiger partial charge in [-0.25, -0.2) is 9.59 Å². The number of amides is 2. The number of hydrogen-bond donors (Lipinski definition) is 4. The van der Waals surface area contributed by atoms with Gasteiger partial charge in [-0.2, -0.15) is 0 Å². The standard InChI is InChI=1S/C15H27N3O6/c1-9(19)10(11(16)20)17-8-15(12(21)22)6-5-7-18(15)13(23)24-14(2,3)4/h9-10,17,19H,5-8H2,1-4H3,(H2,16,20)(H,21,22)/t9?,10-,15-/m0/s1. The molecule has 138 valence electrons. The lowest BCUT2D eigenvalue weighted by Crippen LogP contribution is -2.62. The predicted molar refractivity (Wildman–Crippen MR) is 85.2 cm³/mol. The zero-order chi connectivity index (χ0) is 18.7. The van der Waals surface area contributed by atoms with Gasteiger partial charge >= 0.3 is 12.1 Å². The largest absolute Gasteiger partial charge is 0.479 e. The number of carbonyl (C=O) groups excluding carboxylic acids is 2. The minimum absolute atomic E-state index is 0.208. The van der Waals surface area contributed by atoms with Crippen LogP contribution < -0.4 is 11.1 Å². The van der Waals surface area contributed by atoms with Gasteiger partial charge in [-0.3, -0.25) is 9.69 Å². The Bertz CT molecular complexity index is 502. The van der Waals surface area contributed by atoms with E-state index in [9.17, 15) is 24.6 Å². The fraction of sp³-hybridized carbons (Fsp3) is 0.800. The van der Waals surface area contributed by atoms with E-state index >= 15 is 0 Å². The van der Waals surface area contributed by atoms with E-state index in [2.05, 4.69) is 5.32 Å². The Labute approximate surface area is 141 Å². The molecule has 0 saturated carbocycles. The quantitative estimate of drug-likeness (QED) is 0.516. The number of likely N-dealkylation sites (tertiary alicyclic amines) is 1. The number of ether oxygens (including phenoxy) is 1. The van der Waals surface area contributed by atoms with Crippen molar-refractivity contribution in [3.63, 3.8) is 0 Å². The number of nitrogens with zero attached hydrogens (tertiary/aromatic N) is 1. The summed E-state index contributed by atoms with van der Waals surface area (Å²) in [6, 6.07) is -1.11. The molecule has 3 atom stereocenters. The van der Waals surface area contributed by atoms with Crippen LogP contribution in [0.15, 0.2) is 0 Å². The molecule has 0 aliphatic carbocycles. The van der Waals surface area contributed by atoms with Crippen LogP contribution in [-0.2, 0) is 14.3 Å². The van der Waals surface area contributed by atoms with Gasteiger partial charge in [0.15, 0.2) is 5.54 Å². The van der Waals surface area contributed by atoms with E-state index in [1.807, 2.05) is 0 Å². The molecule has 0 spiro atoms. The Morgan fingerprint density at radius 2 is 1.96 bits per heavy atom. The van der Waals surface area contributed by atoms with E-state index in [0.717, 1.165) is 4.90 Å². The van der Waals surface area contributed by atoms with Gasteiger partial charge in [0.1, 0.15) is 11.6 Å². The van der Waals surface area contributed by atoms with Crippen LogP contribution in [0.5, 0.6) is 0 Å². The maximum Gasteiger partial charge on any atom is 0.411 e. The first kappa shape index (κ1) is 20.2. The number of rotatable bonds is 6. The maximum absolute atomic E-state index is 12.4. The van der Waals surface area contributed by atoms with Crippen molar-refractivity contribution in [2.24, 2.45) is 5.73 Å². The van der Waals surface area contributed by atoms with Gasteiger partial charge in [0.25, 0.3) is 0 Å². The van der Waals surface area contributed by atoms with Crippen LogP contribution in [0.4, 0.5) is 4.79 Å². The van der Waals surface area contributed by atoms with Crippen LogP contribution in [0.25, 0.3) is 0 Å². The number of hydrogen-bond acceptors (Lipinski definition) is 6. The van der Waals surface area contributed by atoms with Crippen molar-refractivity contribution in [1.29, 1.82) is 0 Å². The second-order valence-electron chi connectivity index (χ2n) is 7.07. The van der Waals surface area contributed by atoms with E-state index in [1.54, 1.807) is 20.8 Å². The summed E-state index contributed by atoms with van der Waals surface area (Å²) < 4.78 is 5.28. The summed E-state index contributed by atoms with van der Waals surface area (Å²) in [4.78, 5) is 36.8. The third kappa shape index (κ3) is 4.57. The number of nitrogens with one attached hydrogen (secondary N) is 1. The third-order valence-electron chi connectivity index (χ3n) is 3.90. The summed E-state index contributed by atoms with van der Waals surface area (Å²) in [5.74, 6) is -2.00. The summed E-state index contributed by atoms with van der Waals surface area (Å²) in [7, 11) is 0. The Balaban J connectivity index is 2.99. The predicted octanol–water partition coefficient (Wildman–Crippen LogP) is -0.335. The fourth-order valence-electron chi connectivity index (χ4n) is 2.73. The fourth-order valence-corrected chi connectivity index (χ4v) is 2.73.